The molecule has 9 nitrogen and oxygen atoms in total. The quantitative estimate of drug-likeness (QED) is 0.470. The van der Waals surface area contributed by atoms with E-state index in [0.717, 1.165) is 5.56 Å². The minimum absolute atomic E-state index is 0.00640. The summed E-state index contributed by atoms with van der Waals surface area (Å²) in [6.07, 6.45) is 0. The number of anilines is 2. The van der Waals surface area contributed by atoms with Crippen LogP contribution in [0.4, 0.5) is 11.6 Å². The van der Waals surface area contributed by atoms with E-state index in [1.807, 2.05) is 0 Å². The van der Waals surface area contributed by atoms with E-state index in [0.29, 0.717) is 11.4 Å². The number of carbonyl (C=O) groups excluding carboxylic acids is 1. The van der Waals surface area contributed by atoms with Crippen molar-refractivity contribution in [3.8, 4) is 11.3 Å². The molecule has 0 spiro atoms. The Morgan fingerprint density at radius 1 is 1.19 bits per heavy atom. The lowest BCUT2D eigenvalue weighted by molar-refractivity contribution is 0.101. The number of rotatable bonds is 3. The molecule has 1 aromatic carbocycles. The number of aromatic amines is 3. The number of nitrogens with two attached hydrogens (primary N) is 1. The lowest BCUT2D eigenvalue weighted by Gasteiger charge is -2.04. The monoisotopic (exact) mass is 285 g/mol. The molecule has 1 amide bonds. The van der Waals surface area contributed by atoms with Crippen molar-refractivity contribution < 1.29 is 4.79 Å². The van der Waals surface area contributed by atoms with E-state index < -0.39 is 5.91 Å². The first-order valence-corrected chi connectivity index (χ1v) is 5.99. The van der Waals surface area contributed by atoms with Gasteiger partial charge in [-0.25, -0.2) is 0 Å². The second kappa shape index (κ2) is 4.96. The van der Waals surface area contributed by atoms with E-state index in [1.54, 1.807) is 24.3 Å². The number of benzene rings is 1. The number of hydrogen-bond acceptors (Lipinski definition) is 5. The van der Waals surface area contributed by atoms with Crippen LogP contribution in [0, 0.1) is 0 Å². The van der Waals surface area contributed by atoms with E-state index in [1.165, 1.54) is 6.07 Å². The van der Waals surface area contributed by atoms with Crippen LogP contribution in [0.3, 0.4) is 0 Å². The van der Waals surface area contributed by atoms with Gasteiger partial charge in [0.2, 0.25) is 11.8 Å². The molecule has 0 saturated heterocycles. The lowest BCUT2D eigenvalue weighted by Crippen LogP contribution is -2.13. The molecule has 3 aromatic rings. The molecule has 3 rings (SSSR count). The molecular formula is C12H11N7O2. The van der Waals surface area contributed by atoms with Gasteiger partial charge >= 0.3 is 0 Å². The largest absolute Gasteiger partial charge is 0.366 e. The number of hydrogen-bond donors (Lipinski definition) is 5. The van der Waals surface area contributed by atoms with Crippen molar-refractivity contribution in [2.24, 2.45) is 0 Å². The summed E-state index contributed by atoms with van der Waals surface area (Å²) in [4.78, 5) is 26.6. The highest BCUT2D eigenvalue weighted by atomic mass is 16.2. The molecule has 0 aliphatic rings. The third-order valence-corrected chi connectivity index (χ3v) is 2.77. The highest BCUT2D eigenvalue weighted by Crippen LogP contribution is 2.18. The zero-order valence-corrected chi connectivity index (χ0v) is 10.7. The first-order chi connectivity index (χ1) is 10.1. The molecule has 2 heterocycles. The second-order valence-corrected chi connectivity index (χ2v) is 4.25. The molecule has 0 atom stereocenters. The summed E-state index contributed by atoms with van der Waals surface area (Å²) in [6.45, 7) is 0. The van der Waals surface area contributed by atoms with E-state index in [4.69, 9.17) is 5.73 Å². The normalized spacial score (nSPS) is 10.5. The Labute approximate surface area is 117 Å². The zero-order chi connectivity index (χ0) is 14.8. The zero-order valence-electron chi connectivity index (χ0n) is 10.7. The van der Waals surface area contributed by atoms with E-state index in [9.17, 15) is 9.59 Å². The number of carbonyl (C=O) groups is 1. The SMILES string of the molecule is Nc1n[nH]c(C(=O)Nc2ccc(-c3cc(=O)[nH][nH]3)cc2)n1. The van der Waals surface area contributed by atoms with Crippen LogP contribution < -0.4 is 16.6 Å². The first-order valence-electron chi connectivity index (χ1n) is 5.99. The lowest BCUT2D eigenvalue weighted by atomic mass is 10.1. The van der Waals surface area contributed by atoms with E-state index in [-0.39, 0.29) is 17.3 Å². The molecule has 21 heavy (non-hydrogen) atoms. The van der Waals surface area contributed by atoms with E-state index in [2.05, 4.69) is 30.7 Å². The van der Waals surface area contributed by atoms with Crippen molar-refractivity contribution in [2.45, 2.75) is 0 Å². The topological polar surface area (TPSA) is 145 Å². The minimum atomic E-state index is -0.443. The van der Waals surface area contributed by atoms with Gasteiger partial charge in [-0.2, -0.15) is 4.98 Å². The van der Waals surface area contributed by atoms with Crippen LogP contribution in [0.2, 0.25) is 0 Å². The molecule has 9 heteroatoms. The van der Waals surface area contributed by atoms with Gasteiger partial charge in [0.25, 0.3) is 11.5 Å². The maximum atomic E-state index is 11.8. The predicted molar refractivity (Wildman–Crippen MR) is 75.6 cm³/mol. The fraction of sp³-hybridized carbons (Fsp3) is 0. The van der Waals surface area contributed by atoms with Crippen LogP contribution in [-0.2, 0) is 0 Å². The summed E-state index contributed by atoms with van der Waals surface area (Å²) in [7, 11) is 0. The molecule has 0 aliphatic heterocycles. The molecule has 0 fully saturated rings. The van der Waals surface area contributed by atoms with Crippen molar-refractivity contribution in [1.82, 2.24) is 25.4 Å². The van der Waals surface area contributed by atoms with Gasteiger partial charge in [0.1, 0.15) is 0 Å². The van der Waals surface area contributed by atoms with Crippen LogP contribution in [0.25, 0.3) is 11.3 Å². The molecule has 0 unspecified atom stereocenters. The Kier molecular flexibility index (Phi) is 2.99. The molecule has 0 bridgehead atoms. The molecule has 0 aliphatic carbocycles. The maximum Gasteiger partial charge on any atom is 0.293 e. The minimum Gasteiger partial charge on any atom is -0.366 e. The van der Waals surface area contributed by atoms with Gasteiger partial charge in [-0.15, -0.1) is 5.10 Å². The number of amides is 1. The van der Waals surface area contributed by atoms with Gasteiger partial charge < -0.3 is 11.1 Å². The first kappa shape index (κ1) is 12.7. The van der Waals surface area contributed by atoms with Crippen molar-refractivity contribution in [3.63, 3.8) is 0 Å². The van der Waals surface area contributed by atoms with Crippen molar-refractivity contribution in [1.29, 1.82) is 0 Å². The van der Waals surface area contributed by atoms with Crippen molar-refractivity contribution >= 4 is 17.5 Å². The number of H-pyrrole nitrogens is 3. The van der Waals surface area contributed by atoms with Crippen molar-refractivity contribution in [2.75, 3.05) is 11.1 Å². The number of nitrogens with one attached hydrogen (secondary N) is 4. The highest BCUT2D eigenvalue weighted by Gasteiger charge is 2.11. The smallest absolute Gasteiger partial charge is 0.293 e. The highest BCUT2D eigenvalue weighted by molar-refractivity contribution is 6.01. The fourth-order valence-electron chi connectivity index (χ4n) is 1.79. The van der Waals surface area contributed by atoms with Crippen LogP contribution in [0.5, 0.6) is 0 Å². The fourth-order valence-corrected chi connectivity index (χ4v) is 1.79. The standard InChI is InChI=1S/C12H11N7O2/c13-12-15-10(18-19-12)11(21)14-7-3-1-6(2-4-7)8-5-9(20)17-16-8/h1-5H,(H,14,21)(H2,16,17,20)(H3,13,15,18,19). The van der Waals surface area contributed by atoms with E-state index >= 15 is 0 Å². The van der Waals surface area contributed by atoms with Crippen molar-refractivity contribution in [3.05, 3.63) is 46.5 Å². The molecule has 106 valence electrons. The Hall–Kier alpha value is -3.36. The maximum absolute atomic E-state index is 11.8. The molecular weight excluding hydrogens is 274 g/mol. The van der Waals surface area contributed by atoms with Crippen LogP contribution >= 0.6 is 0 Å². The molecule has 6 N–H and O–H groups in total. The summed E-state index contributed by atoms with van der Waals surface area (Å²) < 4.78 is 0. The second-order valence-electron chi connectivity index (χ2n) is 4.25. The van der Waals surface area contributed by atoms with Gasteiger partial charge in [-0.3, -0.25) is 24.9 Å². The average Bonchev–Trinajstić information content (AvgIpc) is 3.08. The molecule has 0 radical (unpaired) electrons. The Bertz CT molecular complexity index is 828. The summed E-state index contributed by atoms with van der Waals surface area (Å²) in [5, 5.41) is 13.9. The average molecular weight is 285 g/mol. The summed E-state index contributed by atoms with van der Waals surface area (Å²) in [6, 6.07) is 8.40. The summed E-state index contributed by atoms with van der Waals surface area (Å²) >= 11 is 0. The van der Waals surface area contributed by atoms with Gasteiger partial charge in [0.05, 0.1) is 5.69 Å². The van der Waals surface area contributed by atoms with Gasteiger partial charge in [-0.05, 0) is 17.7 Å². The predicted octanol–water partition coefficient (Wildman–Crippen LogP) is 0.323. The van der Waals surface area contributed by atoms with Gasteiger partial charge in [0.15, 0.2) is 0 Å². The van der Waals surface area contributed by atoms with Gasteiger partial charge in [-0.1, -0.05) is 12.1 Å². The third-order valence-electron chi connectivity index (χ3n) is 2.77. The third kappa shape index (κ3) is 2.66. The summed E-state index contributed by atoms with van der Waals surface area (Å²) in [5.41, 5.74) is 7.19. The van der Waals surface area contributed by atoms with Crippen LogP contribution in [0.1, 0.15) is 10.6 Å². The molecule has 2 aromatic heterocycles. The number of nitrogen functional groups attached to an aromatic ring is 1. The van der Waals surface area contributed by atoms with Gasteiger partial charge in [0, 0.05) is 11.8 Å². The van der Waals surface area contributed by atoms with Crippen LogP contribution in [0.15, 0.2) is 35.1 Å². The van der Waals surface area contributed by atoms with Crippen LogP contribution in [-0.4, -0.2) is 31.3 Å². The Morgan fingerprint density at radius 2 is 1.95 bits per heavy atom. The summed E-state index contributed by atoms with van der Waals surface area (Å²) in [5.74, 6) is -0.402. The molecule has 0 saturated carbocycles. The Balaban J connectivity index is 1.75. The number of nitrogens with zero attached hydrogens (tertiary/aromatic N) is 2. The Morgan fingerprint density at radius 3 is 2.52 bits per heavy atom. The number of aromatic nitrogens is 5.